The van der Waals surface area contributed by atoms with Crippen molar-refractivity contribution in [1.82, 2.24) is 10.2 Å². The van der Waals surface area contributed by atoms with E-state index in [-0.39, 0.29) is 11.8 Å². The van der Waals surface area contributed by atoms with E-state index in [4.69, 9.17) is 5.11 Å². The number of carbonyl (C=O) groups is 3. The van der Waals surface area contributed by atoms with E-state index >= 15 is 0 Å². The van der Waals surface area contributed by atoms with E-state index < -0.39 is 24.0 Å². The highest BCUT2D eigenvalue weighted by molar-refractivity contribution is 5.91. The summed E-state index contributed by atoms with van der Waals surface area (Å²) in [6.45, 7) is 5.57. The summed E-state index contributed by atoms with van der Waals surface area (Å²) >= 11 is 0. The first kappa shape index (κ1) is 18.0. The van der Waals surface area contributed by atoms with Crippen LogP contribution in [0.25, 0.3) is 0 Å². The molecular formula is C18H24N2O4. The van der Waals surface area contributed by atoms with Gasteiger partial charge < -0.3 is 15.3 Å². The van der Waals surface area contributed by atoms with Gasteiger partial charge in [0.25, 0.3) is 0 Å². The summed E-state index contributed by atoms with van der Waals surface area (Å²) in [6, 6.07) is 6.05. The highest BCUT2D eigenvalue weighted by Crippen LogP contribution is 2.25. The fourth-order valence-corrected chi connectivity index (χ4v) is 2.82. The average Bonchev–Trinajstić information content (AvgIpc) is 2.58. The van der Waals surface area contributed by atoms with Crippen molar-refractivity contribution in [3.8, 4) is 0 Å². The third-order valence-electron chi connectivity index (χ3n) is 4.60. The molecule has 1 heterocycles. The van der Waals surface area contributed by atoms with Gasteiger partial charge in [-0.05, 0) is 24.5 Å². The van der Waals surface area contributed by atoms with Gasteiger partial charge in [0.05, 0.1) is 0 Å². The lowest BCUT2D eigenvalue weighted by Crippen LogP contribution is -2.55. The molecule has 2 N–H and O–H groups in total. The highest BCUT2D eigenvalue weighted by atomic mass is 16.4. The minimum atomic E-state index is -1.10. The molecule has 2 amide bonds. The number of nitrogens with zero attached hydrogens (tertiary/aromatic N) is 1. The largest absolute Gasteiger partial charge is 0.480 e. The van der Waals surface area contributed by atoms with E-state index in [1.807, 2.05) is 38.1 Å². The zero-order valence-corrected chi connectivity index (χ0v) is 14.3. The van der Waals surface area contributed by atoms with Gasteiger partial charge in [-0.25, -0.2) is 0 Å². The monoisotopic (exact) mass is 332 g/mol. The number of carbonyl (C=O) groups excluding carboxylic acids is 2. The molecule has 0 fully saturated rings. The average molecular weight is 332 g/mol. The maximum absolute atomic E-state index is 12.7. The number of fused-ring (bicyclic) bond motifs is 1. The van der Waals surface area contributed by atoms with E-state index in [9.17, 15) is 14.4 Å². The van der Waals surface area contributed by atoms with Crippen molar-refractivity contribution in [1.29, 1.82) is 0 Å². The Morgan fingerprint density at radius 1 is 1.25 bits per heavy atom. The number of hydrogen-bond donors (Lipinski definition) is 2. The molecule has 1 aromatic carbocycles. The molecule has 3 atom stereocenters. The Hall–Kier alpha value is -2.37. The second-order valence-corrected chi connectivity index (χ2v) is 6.33. The summed E-state index contributed by atoms with van der Waals surface area (Å²) in [5.41, 5.74) is 2.05. The molecule has 24 heavy (non-hydrogen) atoms. The molecule has 6 nitrogen and oxygen atoms in total. The van der Waals surface area contributed by atoms with Crippen molar-refractivity contribution < 1.29 is 19.5 Å². The molecule has 1 aliphatic heterocycles. The maximum atomic E-state index is 12.7. The van der Waals surface area contributed by atoms with E-state index in [2.05, 4.69) is 5.32 Å². The molecule has 2 unspecified atom stereocenters. The number of hydrogen-bond acceptors (Lipinski definition) is 3. The van der Waals surface area contributed by atoms with Crippen LogP contribution in [0.15, 0.2) is 24.3 Å². The molecule has 130 valence electrons. The van der Waals surface area contributed by atoms with Gasteiger partial charge in [-0.1, -0.05) is 38.1 Å². The van der Waals surface area contributed by atoms with Gasteiger partial charge in [0.2, 0.25) is 11.8 Å². The van der Waals surface area contributed by atoms with E-state index in [1.165, 1.54) is 6.92 Å². The van der Waals surface area contributed by atoms with Crippen LogP contribution in [0.4, 0.5) is 0 Å². The van der Waals surface area contributed by atoms with E-state index in [1.54, 1.807) is 4.90 Å². The number of nitrogens with one attached hydrogen (secondary N) is 1. The number of rotatable bonds is 5. The zero-order valence-electron chi connectivity index (χ0n) is 14.3. The van der Waals surface area contributed by atoms with Crippen molar-refractivity contribution >= 4 is 17.8 Å². The van der Waals surface area contributed by atoms with Crippen molar-refractivity contribution in [3.63, 3.8) is 0 Å². The van der Waals surface area contributed by atoms with Gasteiger partial charge in [-0.3, -0.25) is 14.4 Å². The SMILES string of the molecule is CCC(C)C(=O)N1Cc2ccccc2CC1C(=O)N[C@H](C)C(=O)O. The third kappa shape index (κ3) is 3.75. The van der Waals surface area contributed by atoms with E-state index in [0.29, 0.717) is 19.4 Å². The molecule has 2 rings (SSSR count). The van der Waals surface area contributed by atoms with Gasteiger partial charge in [0.1, 0.15) is 12.1 Å². The van der Waals surface area contributed by atoms with Crippen LogP contribution in [-0.4, -0.2) is 39.9 Å². The Morgan fingerprint density at radius 2 is 1.88 bits per heavy atom. The smallest absolute Gasteiger partial charge is 0.325 e. The number of carboxylic acid groups (broad SMARTS) is 1. The first-order valence-electron chi connectivity index (χ1n) is 8.25. The molecule has 0 saturated heterocycles. The van der Waals surface area contributed by atoms with Crippen LogP contribution in [0.3, 0.4) is 0 Å². The summed E-state index contributed by atoms with van der Waals surface area (Å²) in [4.78, 5) is 37.9. The van der Waals surface area contributed by atoms with Gasteiger partial charge in [-0.2, -0.15) is 0 Å². The summed E-state index contributed by atoms with van der Waals surface area (Å²) in [7, 11) is 0. The Bertz CT molecular complexity index is 644. The topological polar surface area (TPSA) is 86.7 Å². The molecule has 1 aromatic rings. The lowest BCUT2D eigenvalue weighted by atomic mass is 9.92. The zero-order chi connectivity index (χ0) is 17.9. The van der Waals surface area contributed by atoms with Crippen LogP contribution in [0, 0.1) is 5.92 Å². The first-order chi connectivity index (χ1) is 11.3. The van der Waals surface area contributed by atoms with Crippen LogP contribution in [0.2, 0.25) is 0 Å². The number of amides is 2. The predicted octanol–water partition coefficient (Wildman–Crippen LogP) is 1.58. The van der Waals surface area contributed by atoms with E-state index in [0.717, 1.165) is 11.1 Å². The van der Waals surface area contributed by atoms with Crippen LogP contribution in [0.1, 0.15) is 38.3 Å². The molecular weight excluding hydrogens is 308 g/mol. The van der Waals surface area contributed by atoms with Crippen molar-refractivity contribution in [2.45, 2.75) is 52.2 Å². The quantitative estimate of drug-likeness (QED) is 0.857. The number of carboxylic acids is 1. The van der Waals surface area contributed by atoms with Crippen molar-refractivity contribution in [2.24, 2.45) is 5.92 Å². The lowest BCUT2D eigenvalue weighted by Gasteiger charge is -2.37. The van der Waals surface area contributed by atoms with Crippen LogP contribution >= 0.6 is 0 Å². The molecule has 6 heteroatoms. The van der Waals surface area contributed by atoms with Crippen molar-refractivity contribution in [3.05, 3.63) is 35.4 Å². The van der Waals surface area contributed by atoms with Gasteiger partial charge in [0, 0.05) is 18.9 Å². The molecule has 0 radical (unpaired) electrons. The Balaban J connectivity index is 2.28. The fourth-order valence-electron chi connectivity index (χ4n) is 2.82. The molecule has 1 aliphatic rings. The summed E-state index contributed by atoms with van der Waals surface area (Å²) in [6.07, 6.45) is 1.09. The fraction of sp³-hybridized carbons (Fsp3) is 0.500. The normalized spacial score (nSPS) is 19.1. The molecule has 0 aromatic heterocycles. The minimum absolute atomic E-state index is 0.0740. The van der Waals surface area contributed by atoms with Crippen molar-refractivity contribution in [2.75, 3.05) is 0 Å². The molecule has 0 spiro atoms. The Morgan fingerprint density at radius 3 is 2.46 bits per heavy atom. The molecule has 0 bridgehead atoms. The summed E-state index contributed by atoms with van der Waals surface area (Å²) < 4.78 is 0. The van der Waals surface area contributed by atoms with Crippen LogP contribution in [-0.2, 0) is 27.3 Å². The summed E-state index contributed by atoms with van der Waals surface area (Å²) in [5.74, 6) is -1.77. The van der Waals surface area contributed by atoms with Gasteiger partial charge in [-0.15, -0.1) is 0 Å². The Kier molecular flexibility index (Phi) is 5.59. The standard InChI is InChI=1S/C18H24N2O4/c1-4-11(2)17(22)20-10-14-8-6-5-7-13(14)9-15(20)16(21)19-12(3)18(23)24/h5-8,11-12,15H,4,9-10H2,1-3H3,(H,19,21)(H,23,24)/t11?,12-,15?/m1/s1. The summed E-state index contributed by atoms with van der Waals surface area (Å²) in [5, 5.41) is 11.5. The first-order valence-corrected chi connectivity index (χ1v) is 8.25. The van der Waals surface area contributed by atoms with Crippen LogP contribution < -0.4 is 5.32 Å². The second-order valence-electron chi connectivity index (χ2n) is 6.33. The second kappa shape index (κ2) is 7.47. The Labute approximate surface area is 141 Å². The van der Waals surface area contributed by atoms with Gasteiger partial charge >= 0.3 is 5.97 Å². The predicted molar refractivity (Wildman–Crippen MR) is 89.2 cm³/mol. The number of benzene rings is 1. The highest BCUT2D eigenvalue weighted by Gasteiger charge is 2.36. The molecule has 0 saturated carbocycles. The minimum Gasteiger partial charge on any atom is -0.480 e. The molecule has 0 aliphatic carbocycles. The maximum Gasteiger partial charge on any atom is 0.325 e. The van der Waals surface area contributed by atoms with Crippen LogP contribution in [0.5, 0.6) is 0 Å². The third-order valence-corrected chi connectivity index (χ3v) is 4.60. The van der Waals surface area contributed by atoms with Gasteiger partial charge in [0.15, 0.2) is 0 Å². The number of aliphatic carboxylic acids is 1. The lowest BCUT2D eigenvalue weighted by molar-refractivity contribution is -0.146.